The van der Waals surface area contributed by atoms with Crippen molar-refractivity contribution >= 4 is 26.7 Å². The molecule has 0 amide bonds. The fourth-order valence-corrected chi connectivity index (χ4v) is 5.33. The number of aromatic nitrogens is 5. The third kappa shape index (κ3) is 4.10. The number of ether oxygens (including phenoxy) is 1. The topological polar surface area (TPSA) is 78.9 Å². The van der Waals surface area contributed by atoms with Crippen LogP contribution in [-0.4, -0.2) is 53.4 Å². The number of methoxy groups -OCH3 is 1. The van der Waals surface area contributed by atoms with E-state index in [1.165, 1.54) is 7.11 Å². The zero-order valence-corrected chi connectivity index (χ0v) is 20.6. The van der Waals surface area contributed by atoms with E-state index in [2.05, 4.69) is 41.5 Å². The highest BCUT2D eigenvalue weighted by atomic mass is 19.3. The quantitative estimate of drug-likeness (QED) is 0.410. The standard InChI is InChI=1S/C24H27B2F2N5O2/c1-13-20(14(2)35-32-13)15-8-19-21(29-9-15)18(16-10-30-22(34-3)31-11-16)12-33(19)24(25,26)17-4-6-23(27,28)7-5-17/h8-12,17H,4-7,25-26H2,1-3H3. The first-order valence-electron chi connectivity index (χ1n) is 11.8. The maximum absolute atomic E-state index is 13.9. The van der Waals surface area contributed by atoms with Crippen molar-refractivity contribution in [3.8, 4) is 28.3 Å². The van der Waals surface area contributed by atoms with Gasteiger partial charge in [0.05, 0.1) is 23.8 Å². The van der Waals surface area contributed by atoms with Crippen LogP contribution in [0.3, 0.4) is 0 Å². The van der Waals surface area contributed by atoms with Gasteiger partial charge in [0, 0.05) is 59.9 Å². The van der Waals surface area contributed by atoms with E-state index in [0.29, 0.717) is 12.8 Å². The minimum atomic E-state index is -2.57. The van der Waals surface area contributed by atoms with Crippen molar-refractivity contribution in [3.05, 3.63) is 42.3 Å². The molecule has 4 heterocycles. The van der Waals surface area contributed by atoms with E-state index in [1.807, 2.05) is 26.2 Å². The van der Waals surface area contributed by atoms with Crippen molar-refractivity contribution < 1.29 is 18.0 Å². The summed E-state index contributed by atoms with van der Waals surface area (Å²) in [7, 11) is 5.77. The van der Waals surface area contributed by atoms with Gasteiger partial charge in [-0.3, -0.25) is 4.98 Å². The second kappa shape index (κ2) is 8.46. The van der Waals surface area contributed by atoms with Crippen molar-refractivity contribution in [1.29, 1.82) is 0 Å². The molecule has 1 saturated carbocycles. The van der Waals surface area contributed by atoms with Crippen LogP contribution < -0.4 is 4.74 Å². The van der Waals surface area contributed by atoms with Gasteiger partial charge < -0.3 is 13.8 Å². The summed E-state index contributed by atoms with van der Waals surface area (Å²) in [5.41, 5.74) is 5.99. The summed E-state index contributed by atoms with van der Waals surface area (Å²) in [6, 6.07) is 2.37. The third-order valence-corrected chi connectivity index (χ3v) is 7.42. The van der Waals surface area contributed by atoms with Crippen LogP contribution in [0.25, 0.3) is 33.3 Å². The number of alkyl halides is 2. The molecule has 180 valence electrons. The molecule has 0 aliphatic heterocycles. The molecule has 0 atom stereocenters. The first-order valence-corrected chi connectivity index (χ1v) is 11.8. The van der Waals surface area contributed by atoms with Crippen molar-refractivity contribution in [1.82, 2.24) is 24.7 Å². The van der Waals surface area contributed by atoms with E-state index in [-0.39, 0.29) is 24.8 Å². The molecular formula is C24H27B2F2N5O2. The Morgan fingerprint density at radius 2 is 1.74 bits per heavy atom. The highest BCUT2D eigenvalue weighted by Gasteiger charge is 2.41. The summed E-state index contributed by atoms with van der Waals surface area (Å²) < 4.78 is 40.6. The van der Waals surface area contributed by atoms with E-state index in [0.717, 1.165) is 44.7 Å². The lowest BCUT2D eigenvalue weighted by Crippen LogP contribution is -2.45. The minimum Gasteiger partial charge on any atom is -0.467 e. The predicted octanol–water partition coefficient (Wildman–Crippen LogP) is 3.48. The molecule has 35 heavy (non-hydrogen) atoms. The van der Waals surface area contributed by atoms with Crippen LogP contribution in [0.1, 0.15) is 37.1 Å². The first kappa shape index (κ1) is 23.5. The molecule has 11 heteroatoms. The van der Waals surface area contributed by atoms with Crippen LogP contribution in [-0.2, 0) is 5.34 Å². The molecule has 1 aliphatic rings. The van der Waals surface area contributed by atoms with Crippen molar-refractivity contribution in [2.75, 3.05) is 7.11 Å². The number of hydrogen-bond acceptors (Lipinski definition) is 6. The molecule has 1 fully saturated rings. The van der Waals surface area contributed by atoms with Gasteiger partial charge in [-0.2, -0.15) is 0 Å². The summed E-state index contributed by atoms with van der Waals surface area (Å²) in [6.45, 7) is 3.78. The fraction of sp³-hybridized carbons (Fsp3) is 0.417. The highest BCUT2D eigenvalue weighted by Crippen LogP contribution is 2.43. The molecule has 0 saturated heterocycles. The summed E-state index contributed by atoms with van der Waals surface area (Å²) in [5.74, 6) is -1.76. The molecular weight excluding hydrogens is 450 g/mol. The smallest absolute Gasteiger partial charge is 0.316 e. The predicted molar refractivity (Wildman–Crippen MR) is 134 cm³/mol. The second-order valence-electron chi connectivity index (χ2n) is 9.95. The van der Waals surface area contributed by atoms with E-state index in [1.54, 1.807) is 12.4 Å². The average molecular weight is 477 g/mol. The molecule has 0 spiro atoms. The van der Waals surface area contributed by atoms with E-state index < -0.39 is 11.3 Å². The summed E-state index contributed by atoms with van der Waals surface area (Å²) in [4.78, 5) is 13.4. The minimum absolute atomic E-state index is 0.0813. The Hall–Kier alpha value is -3.23. The zero-order chi connectivity index (χ0) is 25.0. The molecule has 4 aromatic heterocycles. The second-order valence-corrected chi connectivity index (χ2v) is 9.95. The molecule has 5 rings (SSSR count). The molecule has 0 aromatic carbocycles. The van der Waals surface area contributed by atoms with Crippen LogP contribution in [0, 0.1) is 19.8 Å². The largest absolute Gasteiger partial charge is 0.467 e. The summed E-state index contributed by atoms with van der Waals surface area (Å²) >= 11 is 0. The Bertz CT molecular complexity index is 1360. The number of hydrogen-bond donors (Lipinski definition) is 0. The first-order chi connectivity index (χ1) is 16.6. The molecule has 0 radical (unpaired) electrons. The number of rotatable bonds is 5. The van der Waals surface area contributed by atoms with Crippen LogP contribution in [0.15, 0.2) is 35.4 Å². The average Bonchev–Trinajstić information content (AvgIpc) is 3.38. The fourth-order valence-electron chi connectivity index (χ4n) is 5.33. The normalized spacial score (nSPS) is 16.6. The van der Waals surface area contributed by atoms with Gasteiger partial charge in [0.2, 0.25) is 5.92 Å². The monoisotopic (exact) mass is 477 g/mol. The maximum Gasteiger partial charge on any atom is 0.316 e. The van der Waals surface area contributed by atoms with Crippen LogP contribution in [0.5, 0.6) is 6.01 Å². The molecule has 0 unspecified atom stereocenters. The van der Waals surface area contributed by atoms with Gasteiger partial charge in [0.1, 0.15) is 21.5 Å². The van der Waals surface area contributed by atoms with Crippen molar-refractivity contribution in [2.45, 2.75) is 50.8 Å². The van der Waals surface area contributed by atoms with E-state index in [4.69, 9.17) is 14.2 Å². The Morgan fingerprint density at radius 3 is 2.34 bits per heavy atom. The van der Waals surface area contributed by atoms with Gasteiger partial charge in [-0.15, -0.1) is 0 Å². The Balaban J connectivity index is 1.68. The Labute approximate surface area is 204 Å². The van der Waals surface area contributed by atoms with Gasteiger partial charge in [0.15, 0.2) is 0 Å². The maximum atomic E-state index is 13.9. The Morgan fingerprint density at radius 1 is 1.09 bits per heavy atom. The SMILES string of the molecule is BC(B)(C1CCC(F)(F)CC1)n1cc(-c2cnc(OC)nc2)c2ncc(-c3c(C)noc3C)cc21. The number of nitrogens with zero attached hydrogens (tertiary/aromatic N) is 5. The number of pyridine rings is 1. The van der Waals surface area contributed by atoms with Crippen molar-refractivity contribution in [3.63, 3.8) is 0 Å². The van der Waals surface area contributed by atoms with Gasteiger partial charge in [-0.05, 0) is 44.0 Å². The van der Waals surface area contributed by atoms with Gasteiger partial charge in [-0.25, -0.2) is 18.7 Å². The lowest BCUT2D eigenvalue weighted by molar-refractivity contribution is -0.0498. The number of aryl methyl sites for hydroxylation is 2. The lowest BCUT2D eigenvalue weighted by Gasteiger charge is -2.41. The summed E-state index contributed by atoms with van der Waals surface area (Å²) in [6.07, 6.45) is 8.07. The molecule has 7 nitrogen and oxygen atoms in total. The molecule has 4 aromatic rings. The molecule has 1 aliphatic carbocycles. The number of halogens is 2. The van der Waals surface area contributed by atoms with Gasteiger partial charge in [-0.1, -0.05) is 5.16 Å². The lowest BCUT2D eigenvalue weighted by atomic mass is 9.52. The molecule has 0 bridgehead atoms. The highest BCUT2D eigenvalue weighted by molar-refractivity contribution is 6.38. The third-order valence-electron chi connectivity index (χ3n) is 7.42. The van der Waals surface area contributed by atoms with Crippen LogP contribution in [0.4, 0.5) is 8.78 Å². The van der Waals surface area contributed by atoms with E-state index in [9.17, 15) is 8.78 Å². The molecule has 0 N–H and O–H groups in total. The Kier molecular flexibility index (Phi) is 5.68. The van der Waals surface area contributed by atoms with Crippen LogP contribution in [0.2, 0.25) is 0 Å². The van der Waals surface area contributed by atoms with Gasteiger partial charge in [0.25, 0.3) is 0 Å². The zero-order valence-electron chi connectivity index (χ0n) is 20.6. The van der Waals surface area contributed by atoms with Crippen molar-refractivity contribution in [2.24, 2.45) is 5.92 Å². The van der Waals surface area contributed by atoms with E-state index >= 15 is 0 Å². The van der Waals surface area contributed by atoms with Gasteiger partial charge >= 0.3 is 6.01 Å². The summed E-state index contributed by atoms with van der Waals surface area (Å²) in [5, 5.41) is 3.67. The number of fused-ring (bicyclic) bond motifs is 1. The van der Waals surface area contributed by atoms with Crippen LogP contribution >= 0.6 is 0 Å².